The molecule has 21 heavy (non-hydrogen) atoms. The maximum absolute atomic E-state index is 14.2. The first-order valence-electron chi connectivity index (χ1n) is 7.54. The van der Waals surface area contributed by atoms with Gasteiger partial charge < -0.3 is 10.1 Å². The van der Waals surface area contributed by atoms with Crippen molar-refractivity contribution in [2.75, 3.05) is 13.2 Å². The zero-order valence-corrected chi connectivity index (χ0v) is 12.3. The molecule has 1 aliphatic heterocycles. The van der Waals surface area contributed by atoms with Crippen molar-refractivity contribution >= 4 is 0 Å². The van der Waals surface area contributed by atoms with Crippen LogP contribution in [0.1, 0.15) is 24.5 Å². The molecule has 110 valence electrons. The normalized spacial score (nSPS) is 13.6. The van der Waals surface area contributed by atoms with Gasteiger partial charge in [0.1, 0.15) is 11.6 Å². The molecule has 1 heterocycles. The Morgan fingerprint density at radius 3 is 2.95 bits per heavy atom. The molecular weight excluding hydrogens is 265 g/mol. The lowest BCUT2D eigenvalue weighted by Crippen LogP contribution is -2.13. The Morgan fingerprint density at radius 2 is 2.14 bits per heavy atom. The summed E-state index contributed by atoms with van der Waals surface area (Å²) in [6, 6.07) is 11.6. The van der Waals surface area contributed by atoms with Crippen LogP contribution in [-0.4, -0.2) is 13.2 Å². The molecule has 2 aromatic rings. The summed E-state index contributed by atoms with van der Waals surface area (Å²) in [6.07, 6.45) is 2.08. The monoisotopic (exact) mass is 285 g/mol. The highest BCUT2D eigenvalue weighted by Gasteiger charge is 2.16. The van der Waals surface area contributed by atoms with Crippen molar-refractivity contribution in [3.8, 4) is 16.9 Å². The summed E-state index contributed by atoms with van der Waals surface area (Å²) in [5, 5.41) is 3.15. The van der Waals surface area contributed by atoms with Gasteiger partial charge >= 0.3 is 0 Å². The average Bonchev–Trinajstić information content (AvgIpc) is 2.53. The fourth-order valence-corrected chi connectivity index (χ4v) is 2.73. The van der Waals surface area contributed by atoms with Crippen LogP contribution in [-0.2, 0) is 13.0 Å². The van der Waals surface area contributed by atoms with Gasteiger partial charge in [-0.2, -0.15) is 0 Å². The summed E-state index contributed by atoms with van der Waals surface area (Å²) < 4.78 is 20.0. The summed E-state index contributed by atoms with van der Waals surface area (Å²) in [4.78, 5) is 0. The number of halogens is 1. The van der Waals surface area contributed by atoms with Crippen molar-refractivity contribution in [3.63, 3.8) is 0 Å². The second-order valence-electron chi connectivity index (χ2n) is 5.33. The second-order valence-corrected chi connectivity index (χ2v) is 5.33. The van der Waals surface area contributed by atoms with Crippen molar-refractivity contribution in [1.82, 2.24) is 5.32 Å². The minimum absolute atomic E-state index is 0.165. The van der Waals surface area contributed by atoms with Crippen molar-refractivity contribution in [1.29, 1.82) is 0 Å². The van der Waals surface area contributed by atoms with Gasteiger partial charge in [0.2, 0.25) is 0 Å². The van der Waals surface area contributed by atoms with Crippen LogP contribution in [0.4, 0.5) is 4.39 Å². The molecule has 0 fully saturated rings. The van der Waals surface area contributed by atoms with Gasteiger partial charge in [0.25, 0.3) is 0 Å². The van der Waals surface area contributed by atoms with E-state index in [1.54, 1.807) is 6.07 Å². The molecule has 2 aromatic carbocycles. The first-order valence-corrected chi connectivity index (χ1v) is 7.54. The average molecular weight is 285 g/mol. The zero-order chi connectivity index (χ0) is 14.7. The zero-order valence-electron chi connectivity index (χ0n) is 12.3. The lowest BCUT2D eigenvalue weighted by Gasteiger charge is -2.20. The third-order valence-corrected chi connectivity index (χ3v) is 3.86. The lowest BCUT2D eigenvalue weighted by molar-refractivity contribution is 0.289. The molecule has 0 spiro atoms. The van der Waals surface area contributed by atoms with E-state index in [2.05, 4.69) is 11.4 Å². The molecule has 1 aliphatic rings. The molecule has 2 nitrogen and oxygen atoms in total. The highest BCUT2D eigenvalue weighted by molar-refractivity contribution is 5.72. The molecule has 0 amide bonds. The van der Waals surface area contributed by atoms with Crippen LogP contribution in [0.2, 0.25) is 0 Å². The molecule has 0 unspecified atom stereocenters. The van der Waals surface area contributed by atoms with E-state index in [4.69, 9.17) is 4.74 Å². The molecule has 0 bridgehead atoms. The Balaban J connectivity index is 1.96. The van der Waals surface area contributed by atoms with Crippen LogP contribution in [0.15, 0.2) is 36.4 Å². The number of nitrogens with one attached hydrogen (secondary N) is 1. The Kier molecular flexibility index (Phi) is 4.20. The van der Waals surface area contributed by atoms with Gasteiger partial charge in [0.05, 0.1) is 6.61 Å². The Bertz CT molecular complexity index is 639. The smallest absolute Gasteiger partial charge is 0.130 e. The van der Waals surface area contributed by atoms with Gasteiger partial charge in [0.15, 0.2) is 0 Å². The molecular formula is C18H20FNO. The number of rotatable bonds is 4. The fraction of sp³-hybridized carbons (Fsp3) is 0.333. The third-order valence-electron chi connectivity index (χ3n) is 3.86. The predicted octanol–water partition coefficient (Wildman–Crippen LogP) is 3.93. The topological polar surface area (TPSA) is 21.3 Å². The summed E-state index contributed by atoms with van der Waals surface area (Å²) in [5.74, 6) is 0.754. The lowest BCUT2D eigenvalue weighted by atomic mass is 9.97. The number of hydrogen-bond donors (Lipinski definition) is 1. The van der Waals surface area contributed by atoms with Gasteiger partial charge in [-0.3, -0.25) is 0 Å². The predicted molar refractivity (Wildman–Crippen MR) is 83.0 cm³/mol. The number of ether oxygens (including phenoxy) is 1. The summed E-state index contributed by atoms with van der Waals surface area (Å²) in [5.41, 5.74) is 3.79. The van der Waals surface area contributed by atoms with Crippen molar-refractivity contribution in [2.45, 2.75) is 26.3 Å². The van der Waals surface area contributed by atoms with E-state index in [1.807, 2.05) is 31.2 Å². The van der Waals surface area contributed by atoms with Gasteiger partial charge in [-0.15, -0.1) is 0 Å². The van der Waals surface area contributed by atoms with Crippen LogP contribution in [0.3, 0.4) is 0 Å². The minimum atomic E-state index is -0.165. The molecule has 0 aliphatic carbocycles. The van der Waals surface area contributed by atoms with Crippen LogP contribution in [0, 0.1) is 5.82 Å². The van der Waals surface area contributed by atoms with E-state index in [-0.39, 0.29) is 5.82 Å². The van der Waals surface area contributed by atoms with E-state index < -0.39 is 0 Å². The van der Waals surface area contributed by atoms with Crippen molar-refractivity contribution in [3.05, 3.63) is 53.3 Å². The van der Waals surface area contributed by atoms with Gasteiger partial charge in [-0.1, -0.05) is 37.3 Å². The number of para-hydroxylation sites is 1. The number of benzene rings is 2. The molecule has 0 saturated heterocycles. The van der Waals surface area contributed by atoms with E-state index >= 15 is 0 Å². The van der Waals surface area contributed by atoms with Crippen molar-refractivity contribution < 1.29 is 9.13 Å². The van der Waals surface area contributed by atoms with Crippen LogP contribution >= 0.6 is 0 Å². The van der Waals surface area contributed by atoms with Gasteiger partial charge in [-0.25, -0.2) is 4.39 Å². The summed E-state index contributed by atoms with van der Waals surface area (Å²) in [6.45, 7) is 4.15. The highest BCUT2D eigenvalue weighted by Crippen LogP contribution is 2.36. The summed E-state index contributed by atoms with van der Waals surface area (Å²) >= 11 is 0. The van der Waals surface area contributed by atoms with E-state index in [1.165, 1.54) is 5.56 Å². The summed E-state index contributed by atoms with van der Waals surface area (Å²) in [7, 11) is 0. The first-order chi connectivity index (χ1) is 10.3. The first kappa shape index (κ1) is 14.1. The standard InChI is InChI=1S/C18H20FNO/c1-2-20-12-15-9-8-14(11-17(15)19)16-7-3-5-13-6-4-10-21-18(13)16/h3,5,7-9,11,20H,2,4,6,10,12H2,1H3. The Morgan fingerprint density at radius 1 is 1.24 bits per heavy atom. The minimum Gasteiger partial charge on any atom is -0.493 e. The largest absolute Gasteiger partial charge is 0.493 e. The molecule has 3 heteroatoms. The quantitative estimate of drug-likeness (QED) is 0.919. The van der Waals surface area contributed by atoms with Crippen LogP contribution in [0.5, 0.6) is 5.75 Å². The van der Waals surface area contributed by atoms with Gasteiger partial charge in [-0.05, 0) is 36.6 Å². The molecule has 1 N–H and O–H groups in total. The molecule has 3 rings (SSSR count). The van der Waals surface area contributed by atoms with E-state index in [9.17, 15) is 4.39 Å². The Hall–Kier alpha value is -1.87. The molecule has 0 saturated carbocycles. The van der Waals surface area contributed by atoms with E-state index in [0.717, 1.165) is 42.9 Å². The van der Waals surface area contributed by atoms with Crippen LogP contribution < -0.4 is 10.1 Å². The fourth-order valence-electron chi connectivity index (χ4n) is 2.73. The highest BCUT2D eigenvalue weighted by atomic mass is 19.1. The SMILES string of the molecule is CCNCc1ccc(-c2cccc3c2OCCC3)cc1F. The molecule has 0 atom stereocenters. The Labute approximate surface area is 125 Å². The molecule has 0 aromatic heterocycles. The maximum atomic E-state index is 14.2. The van der Waals surface area contributed by atoms with E-state index in [0.29, 0.717) is 12.1 Å². The van der Waals surface area contributed by atoms with Gasteiger partial charge in [0, 0.05) is 17.7 Å². The maximum Gasteiger partial charge on any atom is 0.130 e. The molecule has 0 radical (unpaired) electrons. The third kappa shape index (κ3) is 2.93. The number of aryl methyl sites for hydroxylation is 1. The number of hydrogen-bond acceptors (Lipinski definition) is 2. The van der Waals surface area contributed by atoms with Crippen molar-refractivity contribution in [2.24, 2.45) is 0 Å². The number of fused-ring (bicyclic) bond motifs is 1. The second kappa shape index (κ2) is 6.27. The van der Waals surface area contributed by atoms with Crippen LogP contribution in [0.25, 0.3) is 11.1 Å².